The van der Waals surface area contributed by atoms with Crippen LogP contribution in [0.25, 0.3) is 0 Å². The van der Waals surface area contributed by atoms with Crippen LogP contribution in [0.1, 0.15) is 32.8 Å². The smallest absolute Gasteiger partial charge is 0.119 e. The predicted molar refractivity (Wildman–Crippen MR) is 73.6 cm³/mol. The molecule has 0 aliphatic heterocycles. The van der Waals surface area contributed by atoms with Gasteiger partial charge in [0.1, 0.15) is 5.75 Å². The van der Waals surface area contributed by atoms with Crippen LogP contribution < -0.4 is 10.1 Å². The Bertz CT molecular complexity index is 294. The van der Waals surface area contributed by atoms with Gasteiger partial charge in [0.15, 0.2) is 0 Å². The highest BCUT2D eigenvalue weighted by Gasteiger charge is 2.02. The van der Waals surface area contributed by atoms with Crippen molar-refractivity contribution in [1.29, 1.82) is 0 Å². The SMILES string of the molecule is CCCc1ccc(OCC(C)CNCC)cc1. The van der Waals surface area contributed by atoms with E-state index >= 15 is 0 Å². The van der Waals surface area contributed by atoms with E-state index in [0.717, 1.165) is 31.9 Å². The molecule has 0 aliphatic rings. The third kappa shape index (κ3) is 5.73. The zero-order chi connectivity index (χ0) is 12.5. The molecule has 2 nitrogen and oxygen atoms in total. The summed E-state index contributed by atoms with van der Waals surface area (Å²) >= 11 is 0. The van der Waals surface area contributed by atoms with Gasteiger partial charge in [-0.1, -0.05) is 39.3 Å². The second kappa shape index (κ2) is 8.13. The summed E-state index contributed by atoms with van der Waals surface area (Å²) in [4.78, 5) is 0. The van der Waals surface area contributed by atoms with Gasteiger partial charge in [-0.25, -0.2) is 0 Å². The molecule has 0 heterocycles. The minimum absolute atomic E-state index is 0.547. The van der Waals surface area contributed by atoms with Crippen LogP contribution in [-0.4, -0.2) is 19.7 Å². The first-order valence-corrected chi connectivity index (χ1v) is 6.68. The van der Waals surface area contributed by atoms with E-state index < -0.39 is 0 Å². The summed E-state index contributed by atoms with van der Waals surface area (Å²) < 4.78 is 5.76. The van der Waals surface area contributed by atoms with Crippen LogP contribution >= 0.6 is 0 Å². The first-order valence-electron chi connectivity index (χ1n) is 6.68. The summed E-state index contributed by atoms with van der Waals surface area (Å²) in [5.74, 6) is 1.53. The monoisotopic (exact) mass is 235 g/mol. The van der Waals surface area contributed by atoms with E-state index in [1.54, 1.807) is 0 Å². The average molecular weight is 235 g/mol. The number of hydrogen-bond acceptors (Lipinski definition) is 2. The molecule has 0 amide bonds. The van der Waals surface area contributed by atoms with Gasteiger partial charge in [-0.3, -0.25) is 0 Å². The molecule has 0 saturated carbocycles. The van der Waals surface area contributed by atoms with E-state index in [9.17, 15) is 0 Å². The van der Waals surface area contributed by atoms with Crippen molar-refractivity contribution in [3.8, 4) is 5.75 Å². The first kappa shape index (κ1) is 14.0. The van der Waals surface area contributed by atoms with Crippen molar-refractivity contribution in [3.63, 3.8) is 0 Å². The van der Waals surface area contributed by atoms with Gasteiger partial charge in [0.25, 0.3) is 0 Å². The molecule has 0 aromatic heterocycles. The summed E-state index contributed by atoms with van der Waals surface area (Å²) in [5, 5.41) is 3.33. The number of ether oxygens (including phenoxy) is 1. The molecule has 0 aliphatic carbocycles. The molecular weight excluding hydrogens is 210 g/mol. The second-order valence-corrected chi connectivity index (χ2v) is 4.62. The van der Waals surface area contributed by atoms with Crippen molar-refractivity contribution in [2.24, 2.45) is 5.92 Å². The Labute approximate surface area is 105 Å². The second-order valence-electron chi connectivity index (χ2n) is 4.62. The van der Waals surface area contributed by atoms with Crippen molar-refractivity contribution in [2.45, 2.75) is 33.6 Å². The molecule has 1 aromatic carbocycles. The molecule has 1 N–H and O–H groups in total. The number of nitrogens with one attached hydrogen (secondary N) is 1. The molecule has 0 saturated heterocycles. The maximum atomic E-state index is 5.76. The lowest BCUT2D eigenvalue weighted by Gasteiger charge is -2.13. The molecule has 0 spiro atoms. The van der Waals surface area contributed by atoms with Crippen molar-refractivity contribution in [2.75, 3.05) is 19.7 Å². The van der Waals surface area contributed by atoms with Crippen LogP contribution in [-0.2, 0) is 6.42 Å². The molecule has 17 heavy (non-hydrogen) atoms. The zero-order valence-corrected chi connectivity index (χ0v) is 11.3. The van der Waals surface area contributed by atoms with Crippen LogP contribution in [0.2, 0.25) is 0 Å². The fourth-order valence-corrected chi connectivity index (χ4v) is 1.73. The lowest BCUT2D eigenvalue weighted by Crippen LogP contribution is -2.24. The van der Waals surface area contributed by atoms with Crippen LogP contribution in [0.3, 0.4) is 0 Å². The van der Waals surface area contributed by atoms with E-state index in [1.807, 2.05) is 0 Å². The van der Waals surface area contributed by atoms with Crippen molar-refractivity contribution >= 4 is 0 Å². The Morgan fingerprint density at radius 1 is 1.18 bits per heavy atom. The summed E-state index contributed by atoms with van der Waals surface area (Å²) in [7, 11) is 0. The van der Waals surface area contributed by atoms with Crippen molar-refractivity contribution in [1.82, 2.24) is 5.32 Å². The zero-order valence-electron chi connectivity index (χ0n) is 11.3. The predicted octanol–water partition coefficient (Wildman–Crippen LogP) is 3.26. The number of benzene rings is 1. The van der Waals surface area contributed by atoms with E-state index in [4.69, 9.17) is 4.74 Å². The van der Waals surface area contributed by atoms with Gasteiger partial charge < -0.3 is 10.1 Å². The molecule has 96 valence electrons. The van der Waals surface area contributed by atoms with Gasteiger partial charge in [-0.15, -0.1) is 0 Å². The third-order valence-corrected chi connectivity index (χ3v) is 2.74. The molecule has 1 aromatic rings. The summed E-state index contributed by atoms with van der Waals surface area (Å²) in [5.41, 5.74) is 1.39. The minimum atomic E-state index is 0.547. The third-order valence-electron chi connectivity index (χ3n) is 2.74. The lowest BCUT2D eigenvalue weighted by atomic mass is 10.1. The molecule has 0 fully saturated rings. The van der Waals surface area contributed by atoms with Gasteiger partial charge in [-0.05, 0) is 30.7 Å². The fourth-order valence-electron chi connectivity index (χ4n) is 1.73. The highest BCUT2D eigenvalue weighted by atomic mass is 16.5. The summed E-state index contributed by atoms with van der Waals surface area (Å²) in [6.07, 6.45) is 2.34. The highest BCUT2D eigenvalue weighted by molar-refractivity contribution is 5.27. The Morgan fingerprint density at radius 3 is 2.47 bits per heavy atom. The first-order chi connectivity index (χ1) is 8.26. The fraction of sp³-hybridized carbons (Fsp3) is 0.600. The minimum Gasteiger partial charge on any atom is -0.493 e. The molecule has 0 radical (unpaired) electrons. The van der Waals surface area contributed by atoms with Crippen molar-refractivity contribution < 1.29 is 4.74 Å². The van der Waals surface area contributed by atoms with E-state index in [0.29, 0.717) is 5.92 Å². The Hall–Kier alpha value is -1.02. The number of rotatable bonds is 8. The molecule has 1 atom stereocenters. The number of hydrogen-bond donors (Lipinski definition) is 1. The number of aryl methyl sites for hydroxylation is 1. The van der Waals surface area contributed by atoms with Crippen LogP contribution in [0, 0.1) is 5.92 Å². The lowest BCUT2D eigenvalue weighted by molar-refractivity contribution is 0.256. The Morgan fingerprint density at radius 2 is 1.88 bits per heavy atom. The van der Waals surface area contributed by atoms with E-state index in [-0.39, 0.29) is 0 Å². The quantitative estimate of drug-likeness (QED) is 0.746. The molecule has 1 rings (SSSR count). The maximum absolute atomic E-state index is 5.76. The van der Waals surface area contributed by atoms with Gasteiger partial charge in [-0.2, -0.15) is 0 Å². The molecule has 0 bridgehead atoms. The van der Waals surface area contributed by atoms with Gasteiger partial charge in [0.05, 0.1) is 6.61 Å². The highest BCUT2D eigenvalue weighted by Crippen LogP contribution is 2.14. The van der Waals surface area contributed by atoms with Crippen LogP contribution in [0.4, 0.5) is 0 Å². The molecule has 2 heteroatoms. The Balaban J connectivity index is 2.31. The standard InChI is InChI=1S/C15H25NO/c1-4-6-14-7-9-15(10-8-14)17-12-13(3)11-16-5-2/h7-10,13,16H,4-6,11-12H2,1-3H3. The summed E-state index contributed by atoms with van der Waals surface area (Å²) in [6.45, 7) is 9.35. The van der Waals surface area contributed by atoms with Crippen LogP contribution in [0.5, 0.6) is 5.75 Å². The van der Waals surface area contributed by atoms with Crippen molar-refractivity contribution in [3.05, 3.63) is 29.8 Å². The topological polar surface area (TPSA) is 21.3 Å². The van der Waals surface area contributed by atoms with E-state index in [1.165, 1.54) is 12.0 Å². The van der Waals surface area contributed by atoms with Gasteiger partial charge in [0.2, 0.25) is 0 Å². The van der Waals surface area contributed by atoms with Gasteiger partial charge >= 0.3 is 0 Å². The molecule has 1 unspecified atom stereocenters. The Kier molecular flexibility index (Phi) is 6.71. The maximum Gasteiger partial charge on any atom is 0.119 e. The largest absolute Gasteiger partial charge is 0.493 e. The van der Waals surface area contributed by atoms with Gasteiger partial charge in [0, 0.05) is 12.5 Å². The summed E-state index contributed by atoms with van der Waals surface area (Å²) in [6, 6.07) is 8.47. The normalized spacial score (nSPS) is 12.4. The van der Waals surface area contributed by atoms with E-state index in [2.05, 4.69) is 50.4 Å². The van der Waals surface area contributed by atoms with Crippen LogP contribution in [0.15, 0.2) is 24.3 Å². The molecular formula is C15H25NO. The average Bonchev–Trinajstić information content (AvgIpc) is 2.36.